The van der Waals surface area contributed by atoms with Crippen LogP contribution < -0.4 is 5.73 Å². The Hall–Kier alpha value is -1.64. The highest BCUT2D eigenvalue weighted by molar-refractivity contribution is 6.22. The summed E-state index contributed by atoms with van der Waals surface area (Å²) >= 11 is 0. The molecule has 2 nitrogen and oxygen atoms in total. The molecule has 0 heterocycles. The Morgan fingerprint density at radius 2 is 1.76 bits per heavy atom. The molecule has 3 rings (SSSR count). The molecule has 1 aliphatic carbocycles. The van der Waals surface area contributed by atoms with Crippen molar-refractivity contribution in [3.63, 3.8) is 0 Å². The highest BCUT2D eigenvalue weighted by atomic mass is 35.5. The lowest BCUT2D eigenvalue weighted by atomic mass is 9.88. The maximum Gasteiger partial charge on any atom is 0.190 e. The second kappa shape index (κ2) is 4.32. The number of nitrogens with two attached hydrogens (primary N) is 1. The van der Waals surface area contributed by atoms with Crippen LogP contribution in [0.4, 0.5) is 0 Å². The van der Waals surface area contributed by atoms with Gasteiger partial charge < -0.3 is 5.73 Å². The normalized spacial score (nSPS) is 13.2. The van der Waals surface area contributed by atoms with E-state index in [1.807, 2.05) is 42.5 Å². The minimum absolute atomic E-state index is 0. The first kappa shape index (κ1) is 11.8. The number of hydrogen-bond donors (Lipinski definition) is 1. The van der Waals surface area contributed by atoms with Gasteiger partial charge in [-0.05, 0) is 17.0 Å². The van der Waals surface area contributed by atoms with Gasteiger partial charge in [0.25, 0.3) is 0 Å². The van der Waals surface area contributed by atoms with Crippen molar-refractivity contribution in [2.75, 3.05) is 6.54 Å². The molecule has 0 saturated carbocycles. The molecular weight excluding hydrogens is 234 g/mol. The van der Waals surface area contributed by atoms with E-state index in [4.69, 9.17) is 5.73 Å². The maximum absolute atomic E-state index is 12.1. The van der Waals surface area contributed by atoms with Crippen molar-refractivity contribution in [2.24, 2.45) is 5.73 Å². The number of rotatable bonds is 1. The molecule has 2 aromatic carbocycles. The van der Waals surface area contributed by atoms with Crippen LogP contribution in [0.15, 0.2) is 42.0 Å². The van der Waals surface area contributed by atoms with E-state index in [0.29, 0.717) is 12.1 Å². The smallest absolute Gasteiger partial charge is 0.190 e. The molecule has 3 heteroatoms. The predicted octanol–water partition coefficient (Wildman–Crippen LogP) is 2.80. The molecule has 0 aliphatic heterocycles. The van der Waals surface area contributed by atoms with Crippen LogP contribution in [-0.2, 0) is 0 Å². The first-order valence-corrected chi connectivity index (χ1v) is 5.28. The summed E-state index contributed by atoms with van der Waals surface area (Å²) in [4.78, 5) is 12.1. The minimum Gasteiger partial charge on any atom is -0.326 e. The minimum atomic E-state index is 0. The predicted molar refractivity (Wildman–Crippen MR) is 72.6 cm³/mol. The molecule has 0 amide bonds. The van der Waals surface area contributed by atoms with Gasteiger partial charge in [0, 0.05) is 23.1 Å². The Kier molecular flexibility index (Phi) is 3.01. The lowest BCUT2D eigenvalue weighted by Gasteiger charge is -2.15. The van der Waals surface area contributed by atoms with E-state index in [1.165, 1.54) is 0 Å². The van der Waals surface area contributed by atoms with Crippen molar-refractivity contribution in [1.29, 1.82) is 0 Å². The number of carbonyl (C=O) groups excluding carboxylic acids is 1. The van der Waals surface area contributed by atoms with Gasteiger partial charge >= 0.3 is 0 Å². The quantitative estimate of drug-likeness (QED) is 0.840. The third-order valence-corrected chi connectivity index (χ3v) is 3.02. The number of benzene rings is 2. The van der Waals surface area contributed by atoms with Crippen molar-refractivity contribution in [1.82, 2.24) is 0 Å². The summed E-state index contributed by atoms with van der Waals surface area (Å²) in [5, 5.41) is 2.16. The van der Waals surface area contributed by atoms with E-state index in [-0.39, 0.29) is 18.2 Å². The highest BCUT2D eigenvalue weighted by Gasteiger charge is 2.19. The zero-order valence-corrected chi connectivity index (χ0v) is 9.96. The fourth-order valence-electron chi connectivity index (χ4n) is 2.26. The zero-order valence-electron chi connectivity index (χ0n) is 9.14. The van der Waals surface area contributed by atoms with Gasteiger partial charge in [0.05, 0.1) is 0 Å². The lowest BCUT2D eigenvalue weighted by Crippen LogP contribution is -2.16. The Bertz CT molecular complexity index is 626. The van der Waals surface area contributed by atoms with Crippen LogP contribution >= 0.6 is 12.4 Å². The molecule has 0 fully saturated rings. The number of hydrogen-bond acceptors (Lipinski definition) is 2. The molecule has 0 unspecified atom stereocenters. The molecule has 17 heavy (non-hydrogen) atoms. The summed E-state index contributed by atoms with van der Waals surface area (Å²) < 4.78 is 0. The van der Waals surface area contributed by atoms with Gasteiger partial charge in [-0.15, -0.1) is 12.4 Å². The summed E-state index contributed by atoms with van der Waals surface area (Å²) in [5.74, 6) is 0.0619. The van der Waals surface area contributed by atoms with Crippen molar-refractivity contribution in [3.05, 3.63) is 53.1 Å². The second-order valence-electron chi connectivity index (χ2n) is 3.95. The Balaban J connectivity index is 0.00000108. The maximum atomic E-state index is 12.1. The summed E-state index contributed by atoms with van der Waals surface area (Å²) in [5.41, 5.74) is 8.14. The SMILES string of the molecule is Cl.NCC1=Cc2cccc3cccc(c23)C1=O. The monoisotopic (exact) mass is 245 g/mol. The van der Waals surface area contributed by atoms with Crippen molar-refractivity contribution in [2.45, 2.75) is 0 Å². The third kappa shape index (κ3) is 1.66. The summed E-state index contributed by atoms with van der Waals surface area (Å²) in [6, 6.07) is 11.9. The van der Waals surface area contributed by atoms with Gasteiger partial charge in [-0.3, -0.25) is 4.79 Å². The number of Topliss-reactive ketones (excluding diaryl/α,β-unsaturated/α-hetero) is 1. The Labute approximate surface area is 106 Å². The van der Waals surface area contributed by atoms with Crippen molar-refractivity contribution < 1.29 is 4.79 Å². The van der Waals surface area contributed by atoms with Gasteiger partial charge in [0.15, 0.2) is 5.78 Å². The van der Waals surface area contributed by atoms with E-state index in [0.717, 1.165) is 21.9 Å². The van der Waals surface area contributed by atoms with Crippen LogP contribution in [0.5, 0.6) is 0 Å². The van der Waals surface area contributed by atoms with Gasteiger partial charge in [0.2, 0.25) is 0 Å². The van der Waals surface area contributed by atoms with Gasteiger partial charge in [-0.25, -0.2) is 0 Å². The van der Waals surface area contributed by atoms with E-state index in [9.17, 15) is 4.79 Å². The van der Waals surface area contributed by atoms with Crippen molar-refractivity contribution in [3.8, 4) is 0 Å². The average molecular weight is 246 g/mol. The Morgan fingerprint density at radius 3 is 2.47 bits per heavy atom. The molecule has 2 aromatic rings. The largest absolute Gasteiger partial charge is 0.326 e. The second-order valence-corrected chi connectivity index (χ2v) is 3.95. The molecule has 0 aromatic heterocycles. The average Bonchev–Trinajstić information content (AvgIpc) is 2.33. The summed E-state index contributed by atoms with van der Waals surface area (Å²) in [6.07, 6.45) is 1.90. The Morgan fingerprint density at radius 1 is 1.06 bits per heavy atom. The molecule has 0 atom stereocenters. The summed E-state index contributed by atoms with van der Waals surface area (Å²) in [7, 11) is 0. The van der Waals surface area contributed by atoms with Crippen LogP contribution in [0.25, 0.3) is 16.8 Å². The topological polar surface area (TPSA) is 43.1 Å². The zero-order chi connectivity index (χ0) is 11.1. The van der Waals surface area contributed by atoms with Gasteiger partial charge in [0.1, 0.15) is 0 Å². The van der Waals surface area contributed by atoms with Gasteiger partial charge in [-0.2, -0.15) is 0 Å². The lowest BCUT2D eigenvalue weighted by molar-refractivity contribution is 0.103. The van der Waals surface area contributed by atoms with Crippen LogP contribution in [0, 0.1) is 0 Å². The highest BCUT2D eigenvalue weighted by Crippen LogP contribution is 2.30. The van der Waals surface area contributed by atoms with E-state index >= 15 is 0 Å². The van der Waals surface area contributed by atoms with Crippen molar-refractivity contribution >= 4 is 35.0 Å². The molecule has 1 aliphatic rings. The number of carbonyl (C=O) groups is 1. The molecule has 0 spiro atoms. The molecule has 0 radical (unpaired) electrons. The fourth-order valence-corrected chi connectivity index (χ4v) is 2.26. The molecule has 2 N–H and O–H groups in total. The van der Waals surface area contributed by atoms with Crippen LogP contribution in [0.3, 0.4) is 0 Å². The number of ketones is 1. The van der Waals surface area contributed by atoms with E-state index in [2.05, 4.69) is 0 Å². The van der Waals surface area contributed by atoms with Crippen LogP contribution in [-0.4, -0.2) is 12.3 Å². The van der Waals surface area contributed by atoms with E-state index in [1.54, 1.807) is 0 Å². The van der Waals surface area contributed by atoms with Crippen LogP contribution in [0.2, 0.25) is 0 Å². The summed E-state index contributed by atoms with van der Waals surface area (Å²) in [6.45, 7) is 0.295. The number of halogens is 1. The molecule has 0 bridgehead atoms. The first-order valence-electron chi connectivity index (χ1n) is 5.28. The first-order chi connectivity index (χ1) is 7.81. The molecule has 86 valence electrons. The molecule has 0 saturated heterocycles. The fraction of sp³-hybridized carbons (Fsp3) is 0.0714. The van der Waals surface area contributed by atoms with E-state index < -0.39 is 0 Å². The third-order valence-electron chi connectivity index (χ3n) is 3.02. The standard InChI is InChI=1S/C14H11NO.ClH/c15-8-11-7-10-5-1-3-9-4-2-6-12(13(9)10)14(11)16;/h1-7H,8,15H2;1H. The van der Waals surface area contributed by atoms with Crippen LogP contribution in [0.1, 0.15) is 15.9 Å². The van der Waals surface area contributed by atoms with Gasteiger partial charge in [-0.1, -0.05) is 36.4 Å². The molecular formula is C14H12ClNO.